The van der Waals surface area contributed by atoms with Gasteiger partial charge >= 0.3 is 0 Å². The molecule has 2 N–H and O–H groups in total. The molecule has 9 nitrogen and oxygen atoms in total. The molecule has 1 saturated heterocycles. The number of fused-ring (bicyclic) bond motifs is 1. The Morgan fingerprint density at radius 3 is 2.71 bits per heavy atom. The number of anilines is 1. The van der Waals surface area contributed by atoms with Crippen LogP contribution < -0.4 is 10.6 Å². The molecule has 3 aliphatic rings. The van der Waals surface area contributed by atoms with E-state index in [0.29, 0.717) is 19.6 Å². The van der Waals surface area contributed by atoms with Crippen LogP contribution in [0.2, 0.25) is 0 Å². The summed E-state index contributed by atoms with van der Waals surface area (Å²) in [5, 5.41) is 9.42. The fraction of sp³-hybridized carbons (Fsp3) is 0.480. The minimum atomic E-state index is -0.527. The van der Waals surface area contributed by atoms with Crippen molar-refractivity contribution in [3.63, 3.8) is 0 Å². The number of nitrogens with one attached hydrogen (secondary N) is 2. The molecule has 2 aromatic rings. The lowest BCUT2D eigenvalue weighted by atomic mass is 9.99. The maximum absolute atomic E-state index is 12.7. The second-order valence-electron chi connectivity index (χ2n) is 9.51. The Hall–Kier alpha value is -3.33. The zero-order valence-electron chi connectivity index (χ0n) is 19.2. The molecule has 5 rings (SSSR count). The highest BCUT2D eigenvalue weighted by molar-refractivity contribution is 5.93. The molecule has 1 atom stereocenters. The average molecular weight is 463 g/mol. The van der Waals surface area contributed by atoms with E-state index in [1.54, 1.807) is 12.3 Å². The Balaban J connectivity index is 1.09. The van der Waals surface area contributed by atoms with E-state index in [1.807, 2.05) is 17.0 Å². The molecule has 2 fully saturated rings. The van der Waals surface area contributed by atoms with Gasteiger partial charge in [0.2, 0.25) is 5.91 Å². The molecular weight excluding hydrogens is 432 g/mol. The standard InChI is InChI=1S/C25H30N6O3/c32-24(27-12-21(29-34)14-30-10-8-17-3-1-2-4-19(17)13-30)23-11-20(7-9-26-23)28-22-15-31(16-22)25(33)18-5-6-18/h1-4,7,9,11,18,21-22H,5-6,8,10,12-16H2,(H,26,28)(H,27,32). The Morgan fingerprint density at radius 2 is 1.94 bits per heavy atom. The Morgan fingerprint density at radius 1 is 1.15 bits per heavy atom. The summed E-state index contributed by atoms with van der Waals surface area (Å²) in [4.78, 5) is 44.4. The summed E-state index contributed by atoms with van der Waals surface area (Å²) < 4.78 is 0. The Kier molecular flexibility index (Phi) is 6.53. The number of likely N-dealkylation sites (tertiary alicyclic amines) is 1. The quantitative estimate of drug-likeness (QED) is 0.553. The van der Waals surface area contributed by atoms with Crippen LogP contribution in [-0.4, -0.2) is 71.4 Å². The summed E-state index contributed by atoms with van der Waals surface area (Å²) in [6.45, 7) is 3.71. The number of rotatable bonds is 9. The molecule has 0 radical (unpaired) electrons. The van der Waals surface area contributed by atoms with E-state index >= 15 is 0 Å². The van der Waals surface area contributed by atoms with E-state index in [-0.39, 0.29) is 36.0 Å². The van der Waals surface area contributed by atoms with E-state index < -0.39 is 6.04 Å². The second kappa shape index (κ2) is 9.89. The van der Waals surface area contributed by atoms with Crippen molar-refractivity contribution in [2.75, 3.05) is 38.0 Å². The minimum absolute atomic E-state index is 0.167. The highest BCUT2D eigenvalue weighted by Gasteiger charge is 2.39. The second-order valence-corrected chi connectivity index (χ2v) is 9.51. The van der Waals surface area contributed by atoms with Crippen LogP contribution in [0.3, 0.4) is 0 Å². The largest absolute Gasteiger partial charge is 0.379 e. The summed E-state index contributed by atoms with van der Waals surface area (Å²) in [6.07, 6.45) is 4.57. The highest BCUT2D eigenvalue weighted by atomic mass is 16.3. The molecule has 9 heteroatoms. The Labute approximate surface area is 198 Å². The molecule has 0 spiro atoms. The topological polar surface area (TPSA) is 107 Å². The first-order chi connectivity index (χ1) is 16.6. The van der Waals surface area contributed by atoms with Crippen LogP contribution in [0.15, 0.2) is 47.8 Å². The number of nitrogens with zero attached hydrogens (tertiary/aromatic N) is 4. The van der Waals surface area contributed by atoms with Crippen molar-refractivity contribution in [3.05, 3.63) is 64.3 Å². The van der Waals surface area contributed by atoms with E-state index in [9.17, 15) is 14.5 Å². The van der Waals surface area contributed by atoms with Gasteiger partial charge in [-0.05, 0) is 42.5 Å². The summed E-state index contributed by atoms with van der Waals surface area (Å²) in [5.74, 6) is 0.174. The van der Waals surface area contributed by atoms with Gasteiger partial charge in [-0.3, -0.25) is 19.5 Å². The van der Waals surface area contributed by atoms with Gasteiger partial charge in [-0.1, -0.05) is 29.4 Å². The van der Waals surface area contributed by atoms with E-state index in [2.05, 4.69) is 43.9 Å². The first kappa shape index (κ1) is 22.5. The molecule has 1 aliphatic carbocycles. The van der Waals surface area contributed by atoms with Crippen LogP contribution in [0.4, 0.5) is 5.69 Å². The summed E-state index contributed by atoms with van der Waals surface area (Å²) in [5.41, 5.74) is 3.71. The van der Waals surface area contributed by atoms with Gasteiger partial charge in [-0.15, -0.1) is 0 Å². The van der Waals surface area contributed by atoms with Crippen molar-refractivity contribution < 1.29 is 9.59 Å². The monoisotopic (exact) mass is 462 g/mol. The first-order valence-corrected chi connectivity index (χ1v) is 12.0. The Bertz CT molecular complexity index is 1070. The van der Waals surface area contributed by atoms with Crippen molar-refractivity contribution >= 4 is 17.5 Å². The highest BCUT2D eigenvalue weighted by Crippen LogP contribution is 2.32. The number of pyridine rings is 1. The van der Waals surface area contributed by atoms with Gasteiger partial charge in [0, 0.05) is 57.1 Å². The number of hydrogen-bond donors (Lipinski definition) is 2. The molecule has 2 amide bonds. The third kappa shape index (κ3) is 5.25. The molecule has 0 bridgehead atoms. The fourth-order valence-corrected chi connectivity index (χ4v) is 4.66. The molecule has 3 heterocycles. The molecule has 178 valence electrons. The average Bonchev–Trinajstić information content (AvgIpc) is 3.69. The van der Waals surface area contributed by atoms with Crippen LogP contribution in [0.25, 0.3) is 0 Å². The van der Waals surface area contributed by atoms with Gasteiger partial charge in [0.1, 0.15) is 11.7 Å². The van der Waals surface area contributed by atoms with Gasteiger partial charge in [0.25, 0.3) is 5.91 Å². The molecule has 1 aromatic carbocycles. The van der Waals surface area contributed by atoms with Gasteiger partial charge in [-0.2, -0.15) is 4.91 Å². The van der Waals surface area contributed by atoms with E-state index in [4.69, 9.17) is 0 Å². The third-order valence-electron chi connectivity index (χ3n) is 6.81. The molecule has 1 saturated carbocycles. The predicted octanol–water partition coefficient (Wildman–Crippen LogP) is 2.04. The predicted molar refractivity (Wildman–Crippen MR) is 128 cm³/mol. The molecule has 1 aromatic heterocycles. The third-order valence-corrected chi connectivity index (χ3v) is 6.81. The van der Waals surface area contributed by atoms with Crippen LogP contribution >= 0.6 is 0 Å². The zero-order chi connectivity index (χ0) is 23.5. The van der Waals surface area contributed by atoms with Crippen molar-refractivity contribution in [2.45, 2.75) is 37.9 Å². The molecule has 34 heavy (non-hydrogen) atoms. The lowest BCUT2D eigenvalue weighted by molar-refractivity contribution is -0.136. The summed E-state index contributed by atoms with van der Waals surface area (Å²) in [7, 11) is 0. The maximum atomic E-state index is 12.7. The molecular formula is C25H30N6O3. The number of carbonyl (C=O) groups excluding carboxylic acids is 2. The van der Waals surface area contributed by atoms with Crippen molar-refractivity contribution in [3.8, 4) is 0 Å². The fourth-order valence-electron chi connectivity index (χ4n) is 4.66. The molecule has 1 unspecified atom stereocenters. The SMILES string of the molecule is O=NC(CNC(=O)c1cc(NC2CN(C(=O)C3CC3)C2)ccn1)CN1CCc2ccccc2C1. The van der Waals surface area contributed by atoms with Gasteiger partial charge in [-0.25, -0.2) is 0 Å². The number of amides is 2. The minimum Gasteiger partial charge on any atom is -0.379 e. The molecule has 2 aliphatic heterocycles. The maximum Gasteiger partial charge on any atom is 0.270 e. The van der Waals surface area contributed by atoms with Crippen molar-refractivity contribution in [1.82, 2.24) is 20.1 Å². The van der Waals surface area contributed by atoms with Gasteiger partial charge in [0.15, 0.2) is 0 Å². The van der Waals surface area contributed by atoms with Crippen molar-refractivity contribution in [1.29, 1.82) is 0 Å². The summed E-state index contributed by atoms with van der Waals surface area (Å²) >= 11 is 0. The van der Waals surface area contributed by atoms with Gasteiger partial charge in [0.05, 0.1) is 6.04 Å². The number of aromatic nitrogens is 1. The lowest BCUT2D eigenvalue weighted by Gasteiger charge is -2.40. The van der Waals surface area contributed by atoms with Crippen LogP contribution in [0.5, 0.6) is 0 Å². The van der Waals surface area contributed by atoms with E-state index in [1.165, 1.54) is 11.1 Å². The summed E-state index contributed by atoms with van der Waals surface area (Å²) in [6, 6.07) is 11.5. The van der Waals surface area contributed by atoms with Crippen LogP contribution in [-0.2, 0) is 17.8 Å². The van der Waals surface area contributed by atoms with Gasteiger partial charge < -0.3 is 15.5 Å². The smallest absolute Gasteiger partial charge is 0.270 e. The van der Waals surface area contributed by atoms with E-state index in [0.717, 1.165) is 38.0 Å². The number of benzene rings is 1. The first-order valence-electron chi connectivity index (χ1n) is 12.0. The van der Waals surface area contributed by atoms with Crippen LogP contribution in [0, 0.1) is 10.8 Å². The number of nitroso groups, excluding NO2 is 1. The zero-order valence-corrected chi connectivity index (χ0v) is 19.2. The van der Waals surface area contributed by atoms with Crippen LogP contribution in [0.1, 0.15) is 34.5 Å². The van der Waals surface area contributed by atoms with Crippen molar-refractivity contribution in [2.24, 2.45) is 11.1 Å². The normalized spacial score (nSPS) is 19.0. The number of carbonyl (C=O) groups is 2. The number of hydrogen-bond acceptors (Lipinski definition) is 7. The lowest BCUT2D eigenvalue weighted by Crippen LogP contribution is -2.57.